The Labute approximate surface area is 172 Å². The number of hydrogen-bond donors (Lipinski definition) is 2. The Kier molecular flexibility index (Phi) is 7.01. The smallest absolute Gasteiger partial charge is 0.254 e. The number of amides is 2. The average molecular weight is 396 g/mol. The average Bonchev–Trinajstić information content (AvgIpc) is 2.73. The van der Waals surface area contributed by atoms with Crippen molar-refractivity contribution in [3.8, 4) is 0 Å². The van der Waals surface area contributed by atoms with Crippen LogP contribution in [0, 0.1) is 0 Å². The van der Waals surface area contributed by atoms with E-state index >= 15 is 0 Å². The van der Waals surface area contributed by atoms with E-state index in [1.165, 1.54) is 0 Å². The van der Waals surface area contributed by atoms with Crippen molar-refractivity contribution in [2.45, 2.75) is 39.1 Å². The van der Waals surface area contributed by atoms with Gasteiger partial charge in [-0.1, -0.05) is 24.3 Å². The van der Waals surface area contributed by atoms with Crippen LogP contribution in [0.4, 0.5) is 0 Å². The van der Waals surface area contributed by atoms with Crippen LogP contribution >= 0.6 is 0 Å². The van der Waals surface area contributed by atoms with Gasteiger partial charge in [-0.25, -0.2) is 0 Å². The Morgan fingerprint density at radius 1 is 0.897 bits per heavy atom. The van der Waals surface area contributed by atoms with Crippen LogP contribution in [0.15, 0.2) is 48.5 Å². The molecule has 1 aliphatic rings. The summed E-state index contributed by atoms with van der Waals surface area (Å²) in [4.78, 5) is 26.2. The van der Waals surface area contributed by atoms with Crippen molar-refractivity contribution < 1.29 is 14.3 Å². The Morgan fingerprint density at radius 2 is 1.38 bits per heavy atom. The van der Waals surface area contributed by atoms with Crippen LogP contribution in [0.3, 0.4) is 0 Å². The SMILES string of the molecule is CNC(=O)c1ccc(CNCc2ccc(C(=O)N3CC(C)OC(C)C3)cc2)cc1. The van der Waals surface area contributed by atoms with Gasteiger partial charge in [-0.3, -0.25) is 9.59 Å². The Bertz CT molecular complexity index is 823. The minimum Gasteiger partial charge on any atom is -0.372 e. The van der Waals surface area contributed by atoms with Crippen LogP contribution in [0.2, 0.25) is 0 Å². The summed E-state index contributed by atoms with van der Waals surface area (Å²) in [5, 5.41) is 6.01. The molecule has 154 valence electrons. The lowest BCUT2D eigenvalue weighted by Gasteiger charge is -2.35. The number of nitrogens with one attached hydrogen (secondary N) is 2. The molecule has 1 heterocycles. The normalized spacial score (nSPS) is 19.1. The molecule has 2 aromatic carbocycles. The molecule has 0 aromatic heterocycles. The summed E-state index contributed by atoms with van der Waals surface area (Å²) >= 11 is 0. The molecule has 2 aromatic rings. The number of carbonyl (C=O) groups excluding carboxylic acids is 2. The summed E-state index contributed by atoms with van der Waals surface area (Å²) in [5.74, 6) is -0.0251. The fourth-order valence-corrected chi connectivity index (χ4v) is 3.56. The predicted molar refractivity (Wildman–Crippen MR) is 113 cm³/mol. The second-order valence-electron chi connectivity index (χ2n) is 7.54. The molecule has 0 spiro atoms. The van der Waals surface area contributed by atoms with Gasteiger partial charge in [0.25, 0.3) is 11.8 Å². The van der Waals surface area contributed by atoms with Crippen LogP contribution in [-0.2, 0) is 17.8 Å². The van der Waals surface area contributed by atoms with Crippen molar-refractivity contribution in [1.29, 1.82) is 0 Å². The largest absolute Gasteiger partial charge is 0.372 e. The molecule has 2 atom stereocenters. The minimum atomic E-state index is -0.0832. The van der Waals surface area contributed by atoms with E-state index in [9.17, 15) is 9.59 Å². The summed E-state index contributed by atoms with van der Waals surface area (Å²) < 4.78 is 5.70. The van der Waals surface area contributed by atoms with Gasteiger partial charge >= 0.3 is 0 Å². The van der Waals surface area contributed by atoms with Gasteiger partial charge < -0.3 is 20.3 Å². The van der Waals surface area contributed by atoms with Gasteiger partial charge in [0.15, 0.2) is 0 Å². The van der Waals surface area contributed by atoms with E-state index in [4.69, 9.17) is 4.74 Å². The molecular weight excluding hydrogens is 366 g/mol. The molecule has 29 heavy (non-hydrogen) atoms. The van der Waals surface area contributed by atoms with Gasteiger partial charge in [0.2, 0.25) is 0 Å². The van der Waals surface area contributed by atoms with Gasteiger partial charge in [0, 0.05) is 44.4 Å². The molecule has 2 amide bonds. The van der Waals surface area contributed by atoms with Gasteiger partial charge in [0.05, 0.1) is 12.2 Å². The van der Waals surface area contributed by atoms with Crippen LogP contribution in [0.5, 0.6) is 0 Å². The number of benzene rings is 2. The first-order valence-electron chi connectivity index (χ1n) is 10.0. The lowest BCUT2D eigenvalue weighted by molar-refractivity contribution is -0.0586. The number of carbonyl (C=O) groups is 2. The van der Waals surface area contributed by atoms with Crippen molar-refractivity contribution in [1.82, 2.24) is 15.5 Å². The number of rotatable bonds is 6. The van der Waals surface area contributed by atoms with E-state index < -0.39 is 0 Å². The molecular formula is C23H29N3O3. The third-order valence-corrected chi connectivity index (χ3v) is 5.01. The van der Waals surface area contributed by atoms with Gasteiger partial charge in [-0.2, -0.15) is 0 Å². The molecule has 0 saturated carbocycles. The highest BCUT2D eigenvalue weighted by molar-refractivity contribution is 5.94. The zero-order valence-electron chi connectivity index (χ0n) is 17.3. The van der Waals surface area contributed by atoms with Crippen LogP contribution < -0.4 is 10.6 Å². The number of ether oxygens (including phenoxy) is 1. The standard InChI is InChI=1S/C23H29N3O3/c1-16-14-26(15-17(2)29-16)23(28)21-10-6-19(7-11-21)13-25-12-18-4-8-20(9-5-18)22(27)24-3/h4-11,16-17,25H,12-15H2,1-3H3,(H,24,27). The van der Waals surface area contributed by atoms with Crippen LogP contribution in [0.1, 0.15) is 45.7 Å². The zero-order valence-corrected chi connectivity index (χ0v) is 17.3. The predicted octanol–water partition coefficient (Wildman–Crippen LogP) is 2.59. The zero-order chi connectivity index (χ0) is 20.8. The van der Waals surface area contributed by atoms with E-state index in [0.29, 0.717) is 37.3 Å². The molecule has 3 rings (SSSR count). The highest BCUT2D eigenvalue weighted by Gasteiger charge is 2.26. The fourth-order valence-electron chi connectivity index (χ4n) is 3.56. The van der Waals surface area contributed by atoms with Crippen LogP contribution in [-0.4, -0.2) is 49.1 Å². The van der Waals surface area contributed by atoms with E-state index in [0.717, 1.165) is 11.1 Å². The molecule has 2 unspecified atom stereocenters. The second kappa shape index (κ2) is 9.67. The second-order valence-corrected chi connectivity index (χ2v) is 7.54. The Morgan fingerprint density at radius 3 is 1.86 bits per heavy atom. The molecule has 1 fully saturated rings. The van der Waals surface area contributed by atoms with Crippen molar-refractivity contribution in [3.05, 3.63) is 70.8 Å². The van der Waals surface area contributed by atoms with Crippen LogP contribution in [0.25, 0.3) is 0 Å². The molecule has 0 bridgehead atoms. The number of hydrogen-bond acceptors (Lipinski definition) is 4. The Balaban J connectivity index is 1.50. The third kappa shape index (κ3) is 5.65. The number of nitrogens with zero attached hydrogens (tertiary/aromatic N) is 1. The van der Waals surface area contributed by atoms with Crippen molar-refractivity contribution in [2.75, 3.05) is 20.1 Å². The van der Waals surface area contributed by atoms with E-state index in [-0.39, 0.29) is 24.0 Å². The summed E-state index contributed by atoms with van der Waals surface area (Å²) in [7, 11) is 1.62. The van der Waals surface area contributed by atoms with Crippen molar-refractivity contribution in [2.24, 2.45) is 0 Å². The Hall–Kier alpha value is -2.70. The van der Waals surface area contributed by atoms with Gasteiger partial charge in [-0.15, -0.1) is 0 Å². The maximum absolute atomic E-state index is 12.7. The van der Waals surface area contributed by atoms with Crippen molar-refractivity contribution >= 4 is 11.8 Å². The molecule has 1 saturated heterocycles. The monoisotopic (exact) mass is 395 g/mol. The molecule has 2 N–H and O–H groups in total. The first-order chi connectivity index (χ1) is 14.0. The first kappa shape index (κ1) is 21.0. The van der Waals surface area contributed by atoms with E-state index in [1.54, 1.807) is 7.05 Å². The quantitative estimate of drug-likeness (QED) is 0.789. The topological polar surface area (TPSA) is 70.7 Å². The molecule has 1 aliphatic heterocycles. The highest BCUT2D eigenvalue weighted by Crippen LogP contribution is 2.15. The molecule has 0 aliphatic carbocycles. The number of morpholine rings is 1. The molecule has 6 nitrogen and oxygen atoms in total. The van der Waals surface area contributed by atoms with Gasteiger partial charge in [0.1, 0.15) is 0 Å². The summed E-state index contributed by atoms with van der Waals surface area (Å²) in [6.45, 7) is 6.67. The molecule has 0 radical (unpaired) electrons. The first-order valence-corrected chi connectivity index (χ1v) is 10.0. The minimum absolute atomic E-state index is 0.0581. The summed E-state index contributed by atoms with van der Waals surface area (Å²) in [6.07, 6.45) is 0.133. The maximum Gasteiger partial charge on any atom is 0.254 e. The van der Waals surface area contributed by atoms with E-state index in [2.05, 4.69) is 10.6 Å². The lowest BCUT2D eigenvalue weighted by atomic mass is 10.1. The maximum atomic E-state index is 12.7. The van der Waals surface area contributed by atoms with Gasteiger partial charge in [-0.05, 0) is 49.2 Å². The van der Waals surface area contributed by atoms with E-state index in [1.807, 2.05) is 67.3 Å². The highest BCUT2D eigenvalue weighted by atomic mass is 16.5. The third-order valence-electron chi connectivity index (χ3n) is 5.01. The molecule has 6 heteroatoms. The lowest BCUT2D eigenvalue weighted by Crippen LogP contribution is -2.48. The summed E-state index contributed by atoms with van der Waals surface area (Å²) in [5.41, 5.74) is 3.59. The summed E-state index contributed by atoms with van der Waals surface area (Å²) in [6, 6.07) is 15.3. The fraction of sp³-hybridized carbons (Fsp3) is 0.391. The van der Waals surface area contributed by atoms with Crippen molar-refractivity contribution in [3.63, 3.8) is 0 Å².